The highest BCUT2D eigenvalue weighted by molar-refractivity contribution is 6.35. The van der Waals surface area contributed by atoms with E-state index in [2.05, 4.69) is 10.6 Å². The van der Waals surface area contributed by atoms with Crippen molar-refractivity contribution in [3.8, 4) is 0 Å². The predicted octanol–water partition coefficient (Wildman–Crippen LogP) is 2.18. The van der Waals surface area contributed by atoms with Crippen molar-refractivity contribution in [2.45, 2.75) is 19.8 Å². The van der Waals surface area contributed by atoms with Crippen molar-refractivity contribution >= 4 is 35.0 Å². The first-order valence-corrected chi connectivity index (χ1v) is 6.69. The van der Waals surface area contributed by atoms with E-state index in [1.165, 1.54) is 6.92 Å². The van der Waals surface area contributed by atoms with E-state index >= 15 is 0 Å². The highest BCUT2D eigenvalue weighted by Gasteiger charge is 2.05. The topological polar surface area (TPSA) is 58.2 Å². The molecule has 0 heterocycles. The molecule has 0 aromatic heterocycles. The molecule has 2 amide bonds. The van der Waals surface area contributed by atoms with Gasteiger partial charge in [-0.15, -0.1) is 0 Å². The molecule has 0 bridgehead atoms. The van der Waals surface area contributed by atoms with Crippen LogP contribution in [0.25, 0.3) is 0 Å². The first kappa shape index (κ1) is 15.8. The van der Waals surface area contributed by atoms with Crippen LogP contribution in [0, 0.1) is 0 Å². The second kappa shape index (κ2) is 8.02. The van der Waals surface area contributed by atoms with Gasteiger partial charge in [0.1, 0.15) is 0 Å². The van der Waals surface area contributed by atoms with Crippen LogP contribution >= 0.6 is 23.2 Å². The average Bonchev–Trinajstić information content (AvgIpc) is 2.33. The zero-order valence-corrected chi connectivity index (χ0v) is 12.1. The normalized spacial score (nSPS) is 10.1. The molecule has 0 unspecified atom stereocenters. The van der Waals surface area contributed by atoms with E-state index in [4.69, 9.17) is 23.2 Å². The van der Waals surface area contributed by atoms with E-state index in [9.17, 15) is 9.59 Å². The fraction of sp³-hybridized carbons (Fsp3) is 0.385. The number of rotatable bonds is 6. The third-order valence-corrected chi connectivity index (χ3v) is 3.04. The largest absolute Gasteiger partial charge is 0.355 e. The second-order valence-corrected chi connectivity index (χ2v) is 4.91. The minimum Gasteiger partial charge on any atom is -0.355 e. The Balaban J connectivity index is 2.28. The van der Waals surface area contributed by atoms with E-state index in [0.29, 0.717) is 36.0 Å². The molecule has 0 fully saturated rings. The maximum atomic E-state index is 11.5. The number of carbonyl (C=O) groups excluding carboxylic acids is 2. The van der Waals surface area contributed by atoms with Crippen LogP contribution < -0.4 is 10.6 Å². The quantitative estimate of drug-likeness (QED) is 0.791. The molecule has 1 aromatic rings. The van der Waals surface area contributed by atoms with Crippen LogP contribution in [0.5, 0.6) is 0 Å². The van der Waals surface area contributed by atoms with Gasteiger partial charge in [-0.3, -0.25) is 9.59 Å². The Morgan fingerprint density at radius 3 is 2.47 bits per heavy atom. The molecule has 1 rings (SSSR count). The van der Waals surface area contributed by atoms with Crippen molar-refractivity contribution in [3.05, 3.63) is 33.8 Å². The van der Waals surface area contributed by atoms with E-state index in [0.717, 1.165) is 5.56 Å². The molecule has 0 aliphatic carbocycles. The molecule has 0 atom stereocenters. The molecule has 0 saturated heterocycles. The summed E-state index contributed by atoms with van der Waals surface area (Å²) < 4.78 is 0. The van der Waals surface area contributed by atoms with Crippen LogP contribution in [-0.4, -0.2) is 24.9 Å². The molecule has 0 radical (unpaired) electrons. The number of aryl methyl sites for hydroxylation is 1. The lowest BCUT2D eigenvalue weighted by Crippen LogP contribution is -2.33. The smallest absolute Gasteiger partial charge is 0.220 e. The van der Waals surface area contributed by atoms with Gasteiger partial charge in [-0.1, -0.05) is 29.3 Å². The number of amides is 2. The van der Waals surface area contributed by atoms with Gasteiger partial charge in [0.25, 0.3) is 0 Å². The maximum absolute atomic E-state index is 11.5. The van der Waals surface area contributed by atoms with Gasteiger partial charge in [-0.05, 0) is 24.1 Å². The van der Waals surface area contributed by atoms with Gasteiger partial charge in [-0.25, -0.2) is 0 Å². The molecule has 104 valence electrons. The Morgan fingerprint density at radius 1 is 1.16 bits per heavy atom. The third kappa shape index (κ3) is 6.45. The summed E-state index contributed by atoms with van der Waals surface area (Å²) in [5, 5.41) is 6.46. The summed E-state index contributed by atoms with van der Waals surface area (Å²) in [6, 6.07) is 5.22. The lowest BCUT2D eigenvalue weighted by Gasteiger charge is -2.07. The van der Waals surface area contributed by atoms with Crippen LogP contribution in [0.15, 0.2) is 18.2 Å². The van der Waals surface area contributed by atoms with E-state index < -0.39 is 0 Å². The Kier molecular flexibility index (Phi) is 6.67. The van der Waals surface area contributed by atoms with Crippen molar-refractivity contribution in [2.75, 3.05) is 13.1 Å². The molecule has 2 N–H and O–H groups in total. The van der Waals surface area contributed by atoms with Gasteiger partial charge in [0.15, 0.2) is 0 Å². The number of hydrogen-bond donors (Lipinski definition) is 2. The first-order valence-electron chi connectivity index (χ1n) is 5.94. The molecule has 19 heavy (non-hydrogen) atoms. The molecule has 6 heteroatoms. The van der Waals surface area contributed by atoms with Crippen molar-refractivity contribution in [1.29, 1.82) is 0 Å². The van der Waals surface area contributed by atoms with Gasteiger partial charge in [0, 0.05) is 36.5 Å². The number of carbonyl (C=O) groups is 2. The summed E-state index contributed by atoms with van der Waals surface area (Å²) in [4.78, 5) is 22.2. The molecular formula is C13H16Cl2N2O2. The first-order chi connectivity index (χ1) is 8.99. The summed E-state index contributed by atoms with van der Waals surface area (Å²) in [5.74, 6) is -0.182. The van der Waals surface area contributed by atoms with Crippen molar-refractivity contribution in [1.82, 2.24) is 10.6 Å². The van der Waals surface area contributed by atoms with Crippen LogP contribution in [0.3, 0.4) is 0 Å². The molecule has 1 aromatic carbocycles. The Labute approximate surface area is 122 Å². The van der Waals surface area contributed by atoms with Gasteiger partial charge >= 0.3 is 0 Å². The summed E-state index contributed by atoms with van der Waals surface area (Å²) in [6.07, 6.45) is 0.906. The SMILES string of the molecule is CC(=O)NCCNC(=O)CCc1ccc(Cl)cc1Cl. The predicted molar refractivity (Wildman–Crippen MR) is 76.5 cm³/mol. The summed E-state index contributed by atoms with van der Waals surface area (Å²) in [6.45, 7) is 2.29. The van der Waals surface area contributed by atoms with Gasteiger partial charge in [-0.2, -0.15) is 0 Å². The maximum Gasteiger partial charge on any atom is 0.220 e. The highest BCUT2D eigenvalue weighted by Crippen LogP contribution is 2.21. The zero-order chi connectivity index (χ0) is 14.3. The molecule has 4 nitrogen and oxygen atoms in total. The van der Waals surface area contributed by atoms with Crippen LogP contribution in [0.1, 0.15) is 18.9 Å². The van der Waals surface area contributed by atoms with Crippen LogP contribution in [0.4, 0.5) is 0 Å². The number of nitrogens with one attached hydrogen (secondary N) is 2. The number of halogens is 2. The standard InChI is InChI=1S/C13H16Cl2N2O2/c1-9(18)16-6-7-17-13(19)5-3-10-2-4-11(14)8-12(10)15/h2,4,8H,3,5-7H2,1H3,(H,16,18)(H,17,19). The summed E-state index contributed by atoms with van der Waals surface area (Å²) in [7, 11) is 0. The third-order valence-electron chi connectivity index (χ3n) is 2.46. The highest BCUT2D eigenvalue weighted by atomic mass is 35.5. The fourth-order valence-electron chi connectivity index (χ4n) is 1.50. The minimum absolute atomic E-state index is 0.0728. The van der Waals surface area contributed by atoms with E-state index in [1.807, 2.05) is 6.07 Å². The average molecular weight is 303 g/mol. The van der Waals surface area contributed by atoms with Crippen LogP contribution in [0.2, 0.25) is 10.0 Å². The summed E-state index contributed by atoms with van der Waals surface area (Å²) >= 11 is 11.8. The monoisotopic (exact) mass is 302 g/mol. The zero-order valence-electron chi connectivity index (χ0n) is 10.6. The Morgan fingerprint density at radius 2 is 1.84 bits per heavy atom. The lowest BCUT2D eigenvalue weighted by atomic mass is 10.1. The molecule has 0 aliphatic heterocycles. The lowest BCUT2D eigenvalue weighted by molar-refractivity contribution is -0.122. The second-order valence-electron chi connectivity index (χ2n) is 4.07. The van der Waals surface area contributed by atoms with Gasteiger partial charge in [0.2, 0.25) is 11.8 Å². The van der Waals surface area contributed by atoms with Gasteiger partial charge < -0.3 is 10.6 Å². The molecule has 0 saturated carbocycles. The molecule has 0 aliphatic rings. The molecular weight excluding hydrogens is 287 g/mol. The number of hydrogen-bond acceptors (Lipinski definition) is 2. The van der Waals surface area contributed by atoms with Crippen molar-refractivity contribution < 1.29 is 9.59 Å². The summed E-state index contributed by atoms with van der Waals surface area (Å²) in [5.41, 5.74) is 0.892. The van der Waals surface area contributed by atoms with Crippen molar-refractivity contribution in [2.24, 2.45) is 0 Å². The van der Waals surface area contributed by atoms with Gasteiger partial charge in [0.05, 0.1) is 0 Å². The van der Waals surface area contributed by atoms with E-state index in [1.54, 1.807) is 12.1 Å². The minimum atomic E-state index is -0.109. The Hall–Kier alpha value is -1.26. The van der Waals surface area contributed by atoms with Crippen molar-refractivity contribution in [3.63, 3.8) is 0 Å². The van der Waals surface area contributed by atoms with Crippen LogP contribution in [-0.2, 0) is 16.0 Å². The molecule has 0 spiro atoms. The fourth-order valence-corrected chi connectivity index (χ4v) is 2.00. The number of benzene rings is 1. The van der Waals surface area contributed by atoms with E-state index in [-0.39, 0.29) is 11.8 Å². The Bertz CT molecular complexity index is 464.